The largest absolute Gasteiger partial charge is 0.489 e. The Bertz CT molecular complexity index is 1500. The molecule has 202 valence electrons. The molecule has 2 aliphatic carbocycles. The number of aromatic nitrogens is 1. The molecule has 1 heterocycles. The van der Waals surface area contributed by atoms with E-state index in [1.54, 1.807) is 6.07 Å². The average molecular weight is 563 g/mol. The van der Waals surface area contributed by atoms with Gasteiger partial charge in [0, 0.05) is 17.0 Å². The summed E-state index contributed by atoms with van der Waals surface area (Å²) in [6.07, 6.45) is 3.48. The molecule has 0 radical (unpaired) electrons. The molecule has 0 bridgehead atoms. The fourth-order valence-corrected chi connectivity index (χ4v) is 6.42. The third-order valence-electron chi connectivity index (χ3n) is 8.27. The van der Waals surface area contributed by atoms with Crippen molar-refractivity contribution in [3.63, 3.8) is 0 Å². The van der Waals surface area contributed by atoms with E-state index in [9.17, 15) is 5.11 Å². The molecule has 0 saturated heterocycles. The maximum absolute atomic E-state index is 11.4. The van der Waals surface area contributed by atoms with Gasteiger partial charge in [0.2, 0.25) is 0 Å². The Balaban J connectivity index is 1.19. The monoisotopic (exact) mass is 561 g/mol. The zero-order chi connectivity index (χ0) is 27.3. The van der Waals surface area contributed by atoms with Crippen molar-refractivity contribution in [2.45, 2.75) is 76.4 Å². The number of aryl methyl sites for hydroxylation is 1. The van der Waals surface area contributed by atoms with E-state index in [0.717, 1.165) is 46.5 Å². The van der Waals surface area contributed by atoms with Crippen LogP contribution in [0.15, 0.2) is 65.2 Å². The van der Waals surface area contributed by atoms with Crippen molar-refractivity contribution in [2.24, 2.45) is 0 Å². The van der Waals surface area contributed by atoms with Crippen LogP contribution in [-0.4, -0.2) is 10.3 Å². The summed E-state index contributed by atoms with van der Waals surface area (Å²) in [6, 6.07) is 20.1. The van der Waals surface area contributed by atoms with Crippen LogP contribution in [0.5, 0.6) is 5.75 Å². The summed E-state index contributed by atoms with van der Waals surface area (Å²) in [5.41, 5.74) is 6.01. The first-order valence-electron chi connectivity index (χ1n) is 13.7. The van der Waals surface area contributed by atoms with Gasteiger partial charge in [-0.15, -0.1) is 0 Å². The van der Waals surface area contributed by atoms with Crippen molar-refractivity contribution >= 4 is 23.2 Å². The van der Waals surface area contributed by atoms with Gasteiger partial charge in [-0.2, -0.15) is 0 Å². The molecule has 1 N–H and O–H groups in total. The van der Waals surface area contributed by atoms with Crippen LogP contribution in [0, 0.1) is 6.92 Å². The van der Waals surface area contributed by atoms with Gasteiger partial charge in [-0.25, -0.2) is 0 Å². The van der Waals surface area contributed by atoms with Crippen LogP contribution < -0.4 is 4.74 Å². The molecule has 2 aliphatic rings. The Morgan fingerprint density at radius 1 is 1.00 bits per heavy atom. The second-order valence-electron chi connectivity index (χ2n) is 11.5. The molecule has 39 heavy (non-hydrogen) atoms. The lowest BCUT2D eigenvalue weighted by atomic mass is 9.64. The van der Waals surface area contributed by atoms with Crippen molar-refractivity contribution in [1.29, 1.82) is 0 Å². The van der Waals surface area contributed by atoms with Gasteiger partial charge >= 0.3 is 0 Å². The van der Waals surface area contributed by atoms with Crippen molar-refractivity contribution in [3.05, 3.63) is 104 Å². The smallest absolute Gasteiger partial charge is 0.147 e. The molecule has 3 aromatic carbocycles. The number of ether oxygens (including phenoxy) is 1. The second kappa shape index (κ2) is 10.3. The van der Waals surface area contributed by atoms with Gasteiger partial charge in [0.25, 0.3) is 0 Å². The van der Waals surface area contributed by atoms with E-state index in [1.807, 2.05) is 37.3 Å². The molecule has 1 aromatic heterocycles. The standard InChI is InChI=1S/C33H33Cl2NO3/c1-19(2)22-7-5-8-23(14-22)24-16-33(37,17-24)27-13-12-25(15-29(27)35)38-18-26-31(36-39-32(26)21-10-11-21)30-20(3)6-4-9-28(30)34/h4-9,12-15,19,21,24,37H,10-11,16-18H2,1-3H3. The van der Waals surface area contributed by atoms with Gasteiger partial charge in [0.15, 0.2) is 0 Å². The fourth-order valence-electron chi connectivity index (χ4n) is 5.76. The highest BCUT2D eigenvalue weighted by Crippen LogP contribution is 2.53. The van der Waals surface area contributed by atoms with Crippen LogP contribution in [0.25, 0.3) is 11.3 Å². The lowest BCUT2D eigenvalue weighted by Gasteiger charge is -2.45. The summed E-state index contributed by atoms with van der Waals surface area (Å²) in [7, 11) is 0. The fraction of sp³-hybridized carbons (Fsp3) is 0.364. The summed E-state index contributed by atoms with van der Waals surface area (Å²) < 4.78 is 12.0. The highest BCUT2D eigenvalue weighted by atomic mass is 35.5. The third-order valence-corrected chi connectivity index (χ3v) is 8.90. The molecule has 0 unspecified atom stereocenters. The van der Waals surface area contributed by atoms with Gasteiger partial charge in [0.1, 0.15) is 23.8 Å². The van der Waals surface area contributed by atoms with Crippen LogP contribution in [-0.2, 0) is 12.2 Å². The lowest BCUT2D eigenvalue weighted by molar-refractivity contribution is -0.0549. The van der Waals surface area contributed by atoms with E-state index in [4.69, 9.17) is 32.5 Å². The minimum atomic E-state index is -0.934. The van der Waals surface area contributed by atoms with E-state index in [0.29, 0.717) is 53.0 Å². The van der Waals surface area contributed by atoms with E-state index in [1.165, 1.54) is 11.1 Å². The molecular formula is C33H33Cl2NO3. The highest BCUT2D eigenvalue weighted by molar-refractivity contribution is 6.33. The minimum absolute atomic E-state index is 0.295. The van der Waals surface area contributed by atoms with E-state index in [-0.39, 0.29) is 0 Å². The summed E-state index contributed by atoms with van der Waals surface area (Å²) in [5.74, 6) is 2.69. The summed E-state index contributed by atoms with van der Waals surface area (Å²) >= 11 is 13.3. The second-order valence-corrected chi connectivity index (χ2v) is 12.3. The lowest BCUT2D eigenvalue weighted by Crippen LogP contribution is -2.40. The normalized spacial score (nSPS) is 20.7. The van der Waals surface area contributed by atoms with Crippen molar-refractivity contribution in [1.82, 2.24) is 5.16 Å². The SMILES string of the molecule is Cc1cccc(Cl)c1-c1noc(C2CC2)c1COc1ccc(C2(O)CC(c3cccc(C(C)C)c3)C2)c(Cl)c1. The molecule has 2 fully saturated rings. The van der Waals surface area contributed by atoms with E-state index in [2.05, 4.69) is 43.3 Å². The summed E-state index contributed by atoms with van der Waals surface area (Å²) in [4.78, 5) is 0. The first-order valence-corrected chi connectivity index (χ1v) is 14.5. The molecule has 4 nitrogen and oxygen atoms in total. The maximum atomic E-state index is 11.4. The number of hydrogen-bond acceptors (Lipinski definition) is 4. The Morgan fingerprint density at radius 2 is 1.77 bits per heavy atom. The Hall–Kier alpha value is -2.79. The van der Waals surface area contributed by atoms with E-state index >= 15 is 0 Å². The number of nitrogens with zero attached hydrogens (tertiary/aromatic N) is 1. The molecule has 0 spiro atoms. The van der Waals surface area contributed by atoms with Crippen LogP contribution in [0.1, 0.15) is 90.9 Å². The summed E-state index contributed by atoms with van der Waals surface area (Å²) in [6.45, 7) is 6.72. The van der Waals surface area contributed by atoms with Crippen molar-refractivity contribution in [3.8, 4) is 17.0 Å². The number of benzene rings is 3. The molecule has 0 atom stereocenters. The Morgan fingerprint density at radius 3 is 2.46 bits per heavy atom. The quantitative estimate of drug-likeness (QED) is 0.233. The van der Waals surface area contributed by atoms with Gasteiger partial charge in [-0.05, 0) is 79.3 Å². The van der Waals surface area contributed by atoms with Gasteiger partial charge in [-0.1, -0.05) is 84.7 Å². The molecule has 6 rings (SSSR count). The van der Waals surface area contributed by atoms with E-state index < -0.39 is 5.60 Å². The van der Waals surface area contributed by atoms with Gasteiger partial charge < -0.3 is 14.4 Å². The van der Waals surface area contributed by atoms with Crippen LogP contribution in [0.4, 0.5) is 0 Å². The predicted octanol–water partition coefficient (Wildman–Crippen LogP) is 9.30. The minimum Gasteiger partial charge on any atom is -0.489 e. The predicted molar refractivity (Wildman–Crippen MR) is 156 cm³/mol. The molecule has 2 saturated carbocycles. The molecule has 0 amide bonds. The van der Waals surface area contributed by atoms with Gasteiger partial charge in [0.05, 0.1) is 21.2 Å². The zero-order valence-electron chi connectivity index (χ0n) is 22.5. The first kappa shape index (κ1) is 26.4. The first-order chi connectivity index (χ1) is 18.7. The van der Waals surface area contributed by atoms with Crippen LogP contribution >= 0.6 is 23.2 Å². The Kier molecular flexibility index (Phi) is 6.99. The van der Waals surface area contributed by atoms with Gasteiger partial charge in [-0.3, -0.25) is 0 Å². The van der Waals surface area contributed by atoms with Crippen LogP contribution in [0.2, 0.25) is 10.0 Å². The average Bonchev–Trinajstić information content (AvgIpc) is 3.66. The van der Waals surface area contributed by atoms with Crippen LogP contribution in [0.3, 0.4) is 0 Å². The molecule has 6 heteroatoms. The molecule has 0 aliphatic heterocycles. The number of hydrogen-bond donors (Lipinski definition) is 1. The van der Waals surface area contributed by atoms with Crippen molar-refractivity contribution < 1.29 is 14.4 Å². The molecule has 4 aromatic rings. The number of rotatable bonds is 8. The topological polar surface area (TPSA) is 55.5 Å². The highest BCUT2D eigenvalue weighted by Gasteiger charge is 2.45. The maximum Gasteiger partial charge on any atom is 0.147 e. The summed E-state index contributed by atoms with van der Waals surface area (Å²) in [5, 5.41) is 17.0. The van der Waals surface area contributed by atoms with Crippen molar-refractivity contribution in [2.75, 3.05) is 0 Å². The Labute approximate surface area is 239 Å². The number of aliphatic hydroxyl groups is 1. The number of halogens is 2. The zero-order valence-corrected chi connectivity index (χ0v) is 24.0. The third kappa shape index (κ3) is 5.11. The molecular weight excluding hydrogens is 529 g/mol.